The molecule has 1 heteroatoms. The van der Waals surface area contributed by atoms with Gasteiger partial charge in [-0.25, -0.2) is 0 Å². The largest absolute Gasteiger partial charge is 0.309 e. The maximum absolute atomic E-state index is 6.98. The van der Waals surface area contributed by atoms with Crippen LogP contribution in [0, 0.1) is 17.2 Å². The van der Waals surface area contributed by atoms with Crippen LogP contribution in [0.15, 0.2) is 23.8 Å². The zero-order valence-corrected chi connectivity index (χ0v) is 8.46. The first-order valence-corrected chi connectivity index (χ1v) is 4.46. The molecular weight excluding hydrogens is 146 g/mol. The summed E-state index contributed by atoms with van der Waals surface area (Å²) in [6.45, 7) is 8.58. The van der Waals surface area contributed by atoms with E-state index in [-0.39, 0.29) is 0 Å². The van der Waals surface area contributed by atoms with E-state index in [4.69, 9.17) is 5.41 Å². The van der Waals surface area contributed by atoms with E-state index in [1.807, 2.05) is 6.08 Å². The van der Waals surface area contributed by atoms with Gasteiger partial charge in [-0.2, -0.15) is 0 Å². The monoisotopic (exact) mass is 165 g/mol. The quantitative estimate of drug-likeness (QED) is 0.487. The smallest absolute Gasteiger partial charge is 0.0180 e. The van der Waals surface area contributed by atoms with E-state index in [2.05, 4.69) is 39.8 Å². The van der Waals surface area contributed by atoms with E-state index < -0.39 is 0 Å². The number of allylic oxidation sites excluding steroid dienone is 4. The van der Waals surface area contributed by atoms with Crippen LogP contribution in [0.3, 0.4) is 0 Å². The van der Waals surface area contributed by atoms with Crippen LogP contribution in [0.25, 0.3) is 0 Å². The van der Waals surface area contributed by atoms with Gasteiger partial charge in [0, 0.05) is 6.21 Å². The molecule has 1 nitrogen and oxygen atoms in total. The van der Waals surface area contributed by atoms with Crippen LogP contribution in [-0.2, 0) is 0 Å². The van der Waals surface area contributed by atoms with Crippen LogP contribution in [0.1, 0.15) is 27.7 Å². The van der Waals surface area contributed by atoms with Gasteiger partial charge in [-0.1, -0.05) is 39.8 Å². The Morgan fingerprint density at radius 2 is 1.75 bits per heavy atom. The molecular formula is C11H19N. The van der Waals surface area contributed by atoms with Crippen molar-refractivity contribution in [3.05, 3.63) is 23.8 Å². The van der Waals surface area contributed by atoms with Crippen LogP contribution in [0.4, 0.5) is 0 Å². The molecule has 0 atom stereocenters. The molecule has 0 aliphatic rings. The van der Waals surface area contributed by atoms with Crippen molar-refractivity contribution < 1.29 is 0 Å². The minimum atomic E-state index is 0.501. The molecule has 0 amide bonds. The standard InChI is InChI=1S/C11H19N/c1-9(2)5-6-11(7-8-12)10(3)4/h5-10,12H,1-4H3/b6-5-,11-7+,12-8?. The molecule has 0 rings (SSSR count). The number of hydrogen-bond donors (Lipinski definition) is 1. The molecule has 0 fully saturated rings. The van der Waals surface area contributed by atoms with Gasteiger partial charge in [0.2, 0.25) is 0 Å². The first-order chi connectivity index (χ1) is 5.57. The summed E-state index contributed by atoms with van der Waals surface area (Å²) in [4.78, 5) is 0. The summed E-state index contributed by atoms with van der Waals surface area (Å²) >= 11 is 0. The third kappa shape index (κ3) is 4.89. The summed E-state index contributed by atoms with van der Waals surface area (Å²) in [5.41, 5.74) is 1.22. The molecule has 1 N–H and O–H groups in total. The highest BCUT2D eigenvalue weighted by Crippen LogP contribution is 2.11. The lowest BCUT2D eigenvalue weighted by atomic mass is 10.0. The molecule has 0 bridgehead atoms. The summed E-state index contributed by atoms with van der Waals surface area (Å²) < 4.78 is 0. The van der Waals surface area contributed by atoms with Gasteiger partial charge in [-0.3, -0.25) is 0 Å². The van der Waals surface area contributed by atoms with E-state index in [1.54, 1.807) is 0 Å². The predicted octanol–water partition coefficient (Wildman–Crippen LogP) is 3.43. The minimum Gasteiger partial charge on any atom is -0.309 e. The van der Waals surface area contributed by atoms with E-state index in [1.165, 1.54) is 11.8 Å². The Morgan fingerprint density at radius 3 is 2.08 bits per heavy atom. The lowest BCUT2D eigenvalue weighted by Gasteiger charge is -2.05. The highest BCUT2D eigenvalue weighted by molar-refractivity contribution is 5.70. The van der Waals surface area contributed by atoms with Crippen LogP contribution >= 0.6 is 0 Å². The molecule has 0 radical (unpaired) electrons. The van der Waals surface area contributed by atoms with E-state index in [0.717, 1.165) is 0 Å². The second kappa shape index (κ2) is 5.76. The molecule has 0 saturated carbocycles. The maximum atomic E-state index is 6.98. The summed E-state index contributed by atoms with van der Waals surface area (Å²) in [7, 11) is 0. The Labute approximate surface area is 75.7 Å². The van der Waals surface area contributed by atoms with Crippen molar-refractivity contribution in [1.29, 1.82) is 5.41 Å². The Hall–Kier alpha value is -0.850. The SMILES string of the molecule is CC(C)/C=C\C(=C/C=N)C(C)C. The highest BCUT2D eigenvalue weighted by Gasteiger charge is 1.97. The van der Waals surface area contributed by atoms with Crippen molar-refractivity contribution >= 4 is 6.21 Å². The Kier molecular flexibility index (Phi) is 5.35. The second-order valence-electron chi connectivity index (χ2n) is 3.59. The fourth-order valence-electron chi connectivity index (χ4n) is 0.840. The van der Waals surface area contributed by atoms with Gasteiger partial charge in [0.05, 0.1) is 0 Å². The molecule has 0 aromatic carbocycles. The fraction of sp³-hybridized carbons (Fsp3) is 0.545. The van der Waals surface area contributed by atoms with Crippen LogP contribution in [-0.4, -0.2) is 6.21 Å². The first kappa shape index (κ1) is 11.2. The normalized spacial score (nSPS) is 13.3. The lowest BCUT2D eigenvalue weighted by Crippen LogP contribution is -1.91. The van der Waals surface area contributed by atoms with Crippen molar-refractivity contribution in [2.75, 3.05) is 0 Å². The molecule has 0 aliphatic heterocycles. The van der Waals surface area contributed by atoms with Crippen molar-refractivity contribution in [3.63, 3.8) is 0 Å². The van der Waals surface area contributed by atoms with Gasteiger partial charge >= 0.3 is 0 Å². The van der Waals surface area contributed by atoms with E-state index in [0.29, 0.717) is 11.8 Å². The van der Waals surface area contributed by atoms with E-state index in [9.17, 15) is 0 Å². The number of rotatable bonds is 4. The Balaban J connectivity index is 4.34. The van der Waals surface area contributed by atoms with Gasteiger partial charge in [0.25, 0.3) is 0 Å². The first-order valence-electron chi connectivity index (χ1n) is 4.46. The van der Waals surface area contributed by atoms with Gasteiger partial charge in [-0.05, 0) is 23.5 Å². The summed E-state index contributed by atoms with van der Waals surface area (Å²) in [5, 5.41) is 6.98. The van der Waals surface area contributed by atoms with Crippen molar-refractivity contribution in [1.82, 2.24) is 0 Å². The molecule has 12 heavy (non-hydrogen) atoms. The van der Waals surface area contributed by atoms with Crippen molar-refractivity contribution in [2.24, 2.45) is 11.8 Å². The lowest BCUT2D eigenvalue weighted by molar-refractivity contribution is 0.781. The minimum absolute atomic E-state index is 0.501. The molecule has 0 heterocycles. The third-order valence-electron chi connectivity index (χ3n) is 1.62. The van der Waals surface area contributed by atoms with Crippen LogP contribution in [0.2, 0.25) is 0 Å². The Morgan fingerprint density at radius 1 is 1.17 bits per heavy atom. The zero-order valence-electron chi connectivity index (χ0n) is 8.46. The van der Waals surface area contributed by atoms with Gasteiger partial charge in [0.1, 0.15) is 0 Å². The van der Waals surface area contributed by atoms with Crippen LogP contribution < -0.4 is 0 Å². The highest BCUT2D eigenvalue weighted by atomic mass is 14.3. The average molecular weight is 165 g/mol. The maximum Gasteiger partial charge on any atom is 0.0180 e. The summed E-state index contributed by atoms with van der Waals surface area (Å²) in [6.07, 6.45) is 7.47. The second-order valence-corrected chi connectivity index (χ2v) is 3.59. The topological polar surface area (TPSA) is 23.9 Å². The van der Waals surface area contributed by atoms with Gasteiger partial charge < -0.3 is 5.41 Å². The van der Waals surface area contributed by atoms with Crippen molar-refractivity contribution in [2.45, 2.75) is 27.7 Å². The molecule has 0 aliphatic carbocycles. The Bertz CT molecular complexity index is 185. The molecule has 0 aromatic rings. The van der Waals surface area contributed by atoms with Crippen LogP contribution in [0.5, 0.6) is 0 Å². The molecule has 0 aromatic heterocycles. The number of nitrogens with one attached hydrogen (secondary N) is 1. The molecule has 0 saturated heterocycles. The molecule has 0 spiro atoms. The summed E-state index contributed by atoms with van der Waals surface area (Å²) in [6, 6.07) is 0. The third-order valence-corrected chi connectivity index (χ3v) is 1.62. The van der Waals surface area contributed by atoms with E-state index >= 15 is 0 Å². The predicted molar refractivity (Wildman–Crippen MR) is 55.7 cm³/mol. The number of hydrogen-bond acceptors (Lipinski definition) is 1. The van der Waals surface area contributed by atoms with Crippen molar-refractivity contribution in [3.8, 4) is 0 Å². The zero-order chi connectivity index (χ0) is 9.56. The van der Waals surface area contributed by atoms with Gasteiger partial charge in [-0.15, -0.1) is 0 Å². The fourth-order valence-corrected chi connectivity index (χ4v) is 0.840. The molecule has 0 unspecified atom stereocenters. The average Bonchev–Trinajstić information content (AvgIpc) is 1.96. The summed E-state index contributed by atoms with van der Waals surface area (Å²) in [5.74, 6) is 1.08. The van der Waals surface area contributed by atoms with Gasteiger partial charge in [0.15, 0.2) is 0 Å². The molecule has 68 valence electrons.